The summed E-state index contributed by atoms with van der Waals surface area (Å²) in [5, 5.41) is 5.94. The van der Waals surface area contributed by atoms with Crippen LogP contribution in [0, 0.1) is 5.92 Å². The van der Waals surface area contributed by atoms with Crippen LogP contribution in [0.15, 0.2) is 24.3 Å². The van der Waals surface area contributed by atoms with E-state index in [1.165, 1.54) is 12.1 Å². The summed E-state index contributed by atoms with van der Waals surface area (Å²) in [5.74, 6) is -0.103. The summed E-state index contributed by atoms with van der Waals surface area (Å²) in [6, 6.07) is 4.58. The average Bonchev–Trinajstić information content (AvgIpc) is 2.91. The Morgan fingerprint density at radius 2 is 2.00 bits per heavy atom. The van der Waals surface area contributed by atoms with Crippen molar-refractivity contribution in [2.75, 3.05) is 13.1 Å². The molecule has 1 heterocycles. The van der Waals surface area contributed by atoms with Gasteiger partial charge in [0.15, 0.2) is 0 Å². The first-order chi connectivity index (χ1) is 9.38. The van der Waals surface area contributed by atoms with E-state index >= 15 is 0 Å². The van der Waals surface area contributed by atoms with E-state index in [1.807, 2.05) is 0 Å². The Morgan fingerprint density at radius 3 is 2.50 bits per heavy atom. The smallest absolute Gasteiger partial charge is 0.349 e. The van der Waals surface area contributed by atoms with Gasteiger partial charge in [-0.1, -0.05) is 12.1 Å². The second-order valence-corrected chi connectivity index (χ2v) is 5.04. The lowest BCUT2D eigenvalue weighted by molar-refractivity contribution is -0.137. The van der Waals surface area contributed by atoms with Crippen molar-refractivity contribution in [3.8, 4) is 0 Å². The molecule has 1 saturated heterocycles. The van der Waals surface area contributed by atoms with E-state index in [4.69, 9.17) is 0 Å². The van der Waals surface area contributed by atoms with Crippen LogP contribution in [0.4, 0.5) is 13.2 Å². The molecule has 0 bridgehead atoms. The predicted molar refractivity (Wildman–Crippen MR) is 69.0 cm³/mol. The van der Waals surface area contributed by atoms with Gasteiger partial charge < -0.3 is 10.6 Å². The normalized spacial score (nSPS) is 20.7. The molecule has 110 valence electrons. The summed E-state index contributed by atoms with van der Waals surface area (Å²) in [4.78, 5) is 11.9. The lowest BCUT2D eigenvalue weighted by atomic mass is 10.0. The first-order valence-electron chi connectivity index (χ1n) is 6.56. The van der Waals surface area contributed by atoms with Gasteiger partial charge in [0.2, 0.25) is 5.91 Å². The van der Waals surface area contributed by atoms with Crippen molar-refractivity contribution in [2.24, 2.45) is 5.92 Å². The number of rotatable bonds is 3. The maximum absolute atomic E-state index is 12.5. The second-order valence-electron chi connectivity index (χ2n) is 5.04. The Morgan fingerprint density at radius 1 is 1.35 bits per heavy atom. The van der Waals surface area contributed by atoms with Crippen molar-refractivity contribution in [1.29, 1.82) is 0 Å². The van der Waals surface area contributed by atoms with Gasteiger partial charge in [0.25, 0.3) is 0 Å². The zero-order valence-electron chi connectivity index (χ0n) is 11.1. The lowest BCUT2D eigenvalue weighted by Gasteiger charge is -2.17. The van der Waals surface area contributed by atoms with Crippen LogP contribution in [-0.2, 0) is 11.0 Å². The van der Waals surface area contributed by atoms with Crippen LogP contribution in [-0.4, -0.2) is 19.0 Å². The van der Waals surface area contributed by atoms with Crippen molar-refractivity contribution in [3.05, 3.63) is 35.4 Å². The Kier molecular flexibility index (Phi) is 4.32. The molecule has 0 radical (unpaired) electrons. The zero-order valence-corrected chi connectivity index (χ0v) is 11.1. The van der Waals surface area contributed by atoms with E-state index in [1.54, 1.807) is 6.92 Å². The molecule has 2 N–H and O–H groups in total. The number of carbonyl (C=O) groups is 1. The summed E-state index contributed by atoms with van der Waals surface area (Å²) in [6.45, 7) is 3.25. The third-order valence-electron chi connectivity index (χ3n) is 3.53. The molecule has 1 fully saturated rings. The van der Waals surface area contributed by atoms with E-state index in [2.05, 4.69) is 10.6 Å². The van der Waals surface area contributed by atoms with E-state index in [0.29, 0.717) is 12.1 Å². The van der Waals surface area contributed by atoms with Crippen molar-refractivity contribution in [3.63, 3.8) is 0 Å². The molecule has 1 aromatic rings. The SMILES string of the molecule is CC(NC(=O)C1CCNC1)c1ccc(C(F)(F)F)cc1. The third-order valence-corrected chi connectivity index (χ3v) is 3.53. The zero-order chi connectivity index (χ0) is 14.8. The molecule has 2 unspecified atom stereocenters. The Balaban J connectivity index is 1.98. The van der Waals surface area contributed by atoms with Crippen LogP contribution < -0.4 is 10.6 Å². The van der Waals surface area contributed by atoms with E-state index in [9.17, 15) is 18.0 Å². The lowest BCUT2D eigenvalue weighted by Crippen LogP contribution is -2.33. The molecule has 1 aromatic carbocycles. The number of alkyl halides is 3. The maximum Gasteiger partial charge on any atom is 0.416 e. The first kappa shape index (κ1) is 14.8. The number of nitrogens with one attached hydrogen (secondary N) is 2. The number of hydrogen-bond acceptors (Lipinski definition) is 2. The number of amides is 1. The van der Waals surface area contributed by atoms with Crippen LogP contribution in [0.3, 0.4) is 0 Å². The molecule has 0 spiro atoms. The minimum atomic E-state index is -4.33. The molecular weight excluding hydrogens is 269 g/mol. The van der Waals surface area contributed by atoms with Crippen molar-refractivity contribution < 1.29 is 18.0 Å². The molecule has 0 aromatic heterocycles. The minimum absolute atomic E-state index is 0.0492. The maximum atomic E-state index is 12.5. The Hall–Kier alpha value is -1.56. The largest absolute Gasteiger partial charge is 0.416 e. The summed E-state index contributed by atoms with van der Waals surface area (Å²) in [6.07, 6.45) is -3.54. The fourth-order valence-electron chi connectivity index (χ4n) is 2.25. The second kappa shape index (κ2) is 5.83. The van der Waals surface area contributed by atoms with Crippen molar-refractivity contribution in [1.82, 2.24) is 10.6 Å². The first-order valence-corrected chi connectivity index (χ1v) is 6.56. The summed E-state index contributed by atoms with van der Waals surface area (Å²) >= 11 is 0. The molecule has 0 aliphatic carbocycles. The average molecular weight is 286 g/mol. The van der Waals surface area contributed by atoms with Gasteiger partial charge in [0.05, 0.1) is 17.5 Å². The molecule has 20 heavy (non-hydrogen) atoms. The van der Waals surface area contributed by atoms with Gasteiger partial charge in [-0.15, -0.1) is 0 Å². The van der Waals surface area contributed by atoms with Crippen molar-refractivity contribution in [2.45, 2.75) is 25.6 Å². The molecule has 6 heteroatoms. The summed E-state index contributed by atoms with van der Waals surface area (Å²) in [5.41, 5.74) is -0.0166. The highest BCUT2D eigenvalue weighted by atomic mass is 19.4. The molecule has 2 atom stereocenters. The quantitative estimate of drug-likeness (QED) is 0.896. The summed E-state index contributed by atoms with van der Waals surface area (Å²) in [7, 11) is 0. The van der Waals surface area contributed by atoms with E-state index in [0.717, 1.165) is 25.1 Å². The van der Waals surface area contributed by atoms with Gasteiger partial charge in [-0.2, -0.15) is 13.2 Å². The highest BCUT2D eigenvalue weighted by molar-refractivity contribution is 5.79. The predicted octanol–water partition coefficient (Wildman–Crippen LogP) is 2.49. The van der Waals surface area contributed by atoms with Gasteiger partial charge in [-0.05, 0) is 37.6 Å². The Labute approximate surface area is 115 Å². The molecule has 0 saturated carbocycles. The fraction of sp³-hybridized carbons (Fsp3) is 0.500. The highest BCUT2D eigenvalue weighted by Crippen LogP contribution is 2.29. The topological polar surface area (TPSA) is 41.1 Å². The number of carbonyl (C=O) groups excluding carboxylic acids is 1. The molecular formula is C14H17F3N2O. The fourth-order valence-corrected chi connectivity index (χ4v) is 2.25. The van der Waals surface area contributed by atoms with Crippen LogP contribution in [0.5, 0.6) is 0 Å². The van der Waals surface area contributed by atoms with Gasteiger partial charge in [0.1, 0.15) is 0 Å². The van der Waals surface area contributed by atoms with Crippen LogP contribution in [0.2, 0.25) is 0 Å². The van der Waals surface area contributed by atoms with Gasteiger partial charge in [0, 0.05) is 6.54 Å². The van der Waals surface area contributed by atoms with Crippen LogP contribution in [0.25, 0.3) is 0 Å². The molecule has 1 aliphatic heterocycles. The van der Waals surface area contributed by atoms with Crippen LogP contribution >= 0.6 is 0 Å². The molecule has 1 amide bonds. The third kappa shape index (κ3) is 3.50. The van der Waals surface area contributed by atoms with Crippen molar-refractivity contribution >= 4 is 5.91 Å². The summed E-state index contributed by atoms with van der Waals surface area (Å²) < 4.78 is 37.4. The standard InChI is InChI=1S/C14H17F3N2O/c1-9(19-13(20)11-6-7-18-8-11)10-2-4-12(5-3-10)14(15,16)17/h2-5,9,11,18H,6-8H2,1H3,(H,19,20). The number of hydrogen-bond donors (Lipinski definition) is 2. The number of benzene rings is 1. The monoisotopic (exact) mass is 286 g/mol. The highest BCUT2D eigenvalue weighted by Gasteiger charge is 2.30. The Bertz CT molecular complexity index is 464. The molecule has 3 nitrogen and oxygen atoms in total. The minimum Gasteiger partial charge on any atom is -0.349 e. The van der Waals surface area contributed by atoms with E-state index in [-0.39, 0.29) is 17.9 Å². The van der Waals surface area contributed by atoms with Gasteiger partial charge in [-0.25, -0.2) is 0 Å². The van der Waals surface area contributed by atoms with Gasteiger partial charge in [-0.3, -0.25) is 4.79 Å². The van der Waals surface area contributed by atoms with Crippen LogP contribution in [0.1, 0.15) is 30.5 Å². The molecule has 2 rings (SSSR count). The van der Waals surface area contributed by atoms with Gasteiger partial charge >= 0.3 is 6.18 Å². The van der Waals surface area contributed by atoms with E-state index < -0.39 is 11.7 Å². The number of halogens is 3. The molecule has 1 aliphatic rings.